The first-order chi connectivity index (χ1) is 11.8. The number of amides is 1. The summed E-state index contributed by atoms with van der Waals surface area (Å²) in [7, 11) is 0. The van der Waals surface area contributed by atoms with Crippen LogP contribution in [-0.4, -0.2) is 37.6 Å². The number of hydrogen-bond donors (Lipinski definition) is 1. The first-order valence-electron chi connectivity index (χ1n) is 8.62. The Bertz CT molecular complexity index is 622. The van der Waals surface area contributed by atoms with Gasteiger partial charge < -0.3 is 5.32 Å². The number of hydrogen-bond acceptors (Lipinski definition) is 5. The predicted octanol–water partition coefficient (Wildman–Crippen LogP) is 1.77. The fraction of sp³-hybridized carbons (Fsp3) is 0.588. The molecule has 1 amide bonds. The highest BCUT2D eigenvalue weighted by Crippen LogP contribution is 2.40. The summed E-state index contributed by atoms with van der Waals surface area (Å²) in [6.07, 6.45) is 12.3. The average molecular weight is 328 g/mol. The molecular formula is C17H24N6O. The molecule has 3 rings (SSSR count). The highest BCUT2D eigenvalue weighted by Gasteiger charge is 2.35. The number of tetrazole rings is 1. The maximum Gasteiger partial charge on any atom is 0.220 e. The smallest absolute Gasteiger partial charge is 0.220 e. The molecule has 24 heavy (non-hydrogen) atoms. The van der Waals surface area contributed by atoms with E-state index in [9.17, 15) is 4.79 Å². The standard InChI is InChI=1S/C17H24N6O/c24-16(19-11-6-15-4-9-18-10-5-15)12-17(7-2-1-3-8-17)13-23-14-20-21-22-23/h4-5,9-10,14H,1-3,6-8,11-13H2,(H,19,24). The number of carbonyl (C=O) groups excluding carboxylic acids is 1. The molecule has 1 aliphatic rings. The topological polar surface area (TPSA) is 85.6 Å². The van der Waals surface area contributed by atoms with Gasteiger partial charge in [0.05, 0.1) is 6.54 Å². The van der Waals surface area contributed by atoms with Crippen LogP contribution < -0.4 is 5.32 Å². The molecule has 2 aromatic heterocycles. The van der Waals surface area contributed by atoms with Crippen LogP contribution in [-0.2, 0) is 17.8 Å². The van der Waals surface area contributed by atoms with Crippen molar-refractivity contribution in [2.75, 3.05) is 6.54 Å². The van der Waals surface area contributed by atoms with E-state index in [0.717, 1.165) is 25.8 Å². The number of pyridine rings is 1. The zero-order valence-electron chi connectivity index (χ0n) is 13.9. The molecule has 7 nitrogen and oxygen atoms in total. The number of nitrogens with zero attached hydrogens (tertiary/aromatic N) is 5. The van der Waals surface area contributed by atoms with Crippen LogP contribution in [0, 0.1) is 5.41 Å². The molecule has 0 spiro atoms. The molecule has 0 saturated heterocycles. The van der Waals surface area contributed by atoms with Crippen molar-refractivity contribution in [1.29, 1.82) is 0 Å². The van der Waals surface area contributed by atoms with Crippen LogP contribution in [0.4, 0.5) is 0 Å². The highest BCUT2D eigenvalue weighted by molar-refractivity contribution is 5.76. The van der Waals surface area contributed by atoms with Crippen molar-refractivity contribution in [1.82, 2.24) is 30.5 Å². The second-order valence-corrected chi connectivity index (χ2v) is 6.70. The van der Waals surface area contributed by atoms with Crippen molar-refractivity contribution in [2.24, 2.45) is 5.41 Å². The fourth-order valence-electron chi connectivity index (χ4n) is 3.59. The van der Waals surface area contributed by atoms with Gasteiger partial charge in [0.15, 0.2) is 0 Å². The molecule has 0 aromatic carbocycles. The van der Waals surface area contributed by atoms with Gasteiger partial charge in [0.2, 0.25) is 5.91 Å². The summed E-state index contributed by atoms with van der Waals surface area (Å²) in [6, 6.07) is 3.96. The van der Waals surface area contributed by atoms with E-state index in [1.54, 1.807) is 23.4 Å². The third-order valence-electron chi connectivity index (χ3n) is 4.82. The van der Waals surface area contributed by atoms with Crippen LogP contribution in [0.5, 0.6) is 0 Å². The van der Waals surface area contributed by atoms with Gasteiger partial charge >= 0.3 is 0 Å². The van der Waals surface area contributed by atoms with E-state index in [1.807, 2.05) is 12.1 Å². The van der Waals surface area contributed by atoms with Gasteiger partial charge in [-0.3, -0.25) is 9.78 Å². The highest BCUT2D eigenvalue weighted by atomic mass is 16.1. The van der Waals surface area contributed by atoms with Gasteiger partial charge in [-0.1, -0.05) is 19.3 Å². The van der Waals surface area contributed by atoms with Crippen molar-refractivity contribution in [2.45, 2.75) is 51.5 Å². The Balaban J connectivity index is 1.53. The summed E-state index contributed by atoms with van der Waals surface area (Å²) < 4.78 is 1.76. The molecule has 1 aliphatic carbocycles. The first kappa shape index (κ1) is 16.5. The zero-order chi connectivity index (χ0) is 16.7. The van der Waals surface area contributed by atoms with Gasteiger partial charge in [-0.2, -0.15) is 0 Å². The summed E-state index contributed by atoms with van der Waals surface area (Å²) >= 11 is 0. The van der Waals surface area contributed by atoms with Gasteiger partial charge in [0, 0.05) is 25.4 Å². The summed E-state index contributed by atoms with van der Waals surface area (Å²) in [6.45, 7) is 1.38. The minimum absolute atomic E-state index is 0.0195. The van der Waals surface area contributed by atoms with E-state index in [-0.39, 0.29) is 11.3 Å². The van der Waals surface area contributed by atoms with E-state index in [4.69, 9.17) is 0 Å². The molecule has 0 bridgehead atoms. The van der Waals surface area contributed by atoms with E-state index < -0.39 is 0 Å². The normalized spacial score (nSPS) is 16.7. The molecule has 1 fully saturated rings. The molecular weight excluding hydrogens is 304 g/mol. The van der Waals surface area contributed by atoms with Crippen molar-refractivity contribution in [3.63, 3.8) is 0 Å². The molecule has 128 valence electrons. The summed E-state index contributed by atoms with van der Waals surface area (Å²) in [4.78, 5) is 16.5. The molecule has 0 unspecified atom stereocenters. The molecule has 2 aromatic rings. The molecule has 1 N–H and O–H groups in total. The minimum Gasteiger partial charge on any atom is -0.356 e. The largest absolute Gasteiger partial charge is 0.356 e. The Kier molecular flexibility index (Phi) is 5.51. The Morgan fingerprint density at radius 3 is 2.71 bits per heavy atom. The lowest BCUT2D eigenvalue weighted by molar-refractivity contribution is -0.124. The lowest BCUT2D eigenvalue weighted by Crippen LogP contribution is -2.37. The quantitative estimate of drug-likeness (QED) is 0.837. The summed E-state index contributed by atoms with van der Waals surface area (Å²) in [5, 5.41) is 14.5. The third-order valence-corrected chi connectivity index (χ3v) is 4.82. The average Bonchev–Trinajstić information content (AvgIpc) is 3.09. The van der Waals surface area contributed by atoms with Crippen LogP contribution in [0.25, 0.3) is 0 Å². The monoisotopic (exact) mass is 328 g/mol. The lowest BCUT2D eigenvalue weighted by Gasteiger charge is -2.36. The van der Waals surface area contributed by atoms with E-state index >= 15 is 0 Å². The van der Waals surface area contributed by atoms with Gasteiger partial charge in [0.25, 0.3) is 0 Å². The molecule has 1 saturated carbocycles. The lowest BCUT2D eigenvalue weighted by atomic mass is 9.71. The number of aromatic nitrogens is 5. The second kappa shape index (κ2) is 7.99. The van der Waals surface area contributed by atoms with Gasteiger partial charge in [-0.15, -0.1) is 5.10 Å². The summed E-state index contributed by atoms with van der Waals surface area (Å²) in [5.74, 6) is 0.124. The summed E-state index contributed by atoms with van der Waals surface area (Å²) in [5.41, 5.74) is 1.17. The van der Waals surface area contributed by atoms with Gasteiger partial charge in [0.1, 0.15) is 6.33 Å². The van der Waals surface area contributed by atoms with E-state index in [0.29, 0.717) is 13.0 Å². The van der Waals surface area contributed by atoms with Crippen LogP contribution in [0.15, 0.2) is 30.9 Å². The first-order valence-corrected chi connectivity index (χ1v) is 8.62. The number of rotatable bonds is 7. The van der Waals surface area contributed by atoms with Crippen LogP contribution in [0.1, 0.15) is 44.1 Å². The van der Waals surface area contributed by atoms with Crippen molar-refractivity contribution in [3.05, 3.63) is 36.4 Å². The third kappa shape index (κ3) is 4.59. The number of nitrogens with one attached hydrogen (secondary N) is 1. The van der Waals surface area contributed by atoms with Crippen LogP contribution >= 0.6 is 0 Å². The Morgan fingerprint density at radius 2 is 2.00 bits per heavy atom. The Morgan fingerprint density at radius 1 is 1.21 bits per heavy atom. The molecule has 0 radical (unpaired) electrons. The van der Waals surface area contributed by atoms with E-state index in [2.05, 4.69) is 25.8 Å². The molecule has 0 atom stereocenters. The maximum absolute atomic E-state index is 12.5. The molecule has 0 aliphatic heterocycles. The van der Waals surface area contributed by atoms with Gasteiger partial charge in [-0.05, 0) is 52.8 Å². The van der Waals surface area contributed by atoms with Gasteiger partial charge in [-0.25, -0.2) is 4.68 Å². The SMILES string of the molecule is O=C(CC1(Cn2cnnn2)CCCCC1)NCCc1ccncc1. The van der Waals surface area contributed by atoms with Crippen molar-refractivity contribution in [3.8, 4) is 0 Å². The van der Waals surface area contributed by atoms with Crippen LogP contribution in [0.2, 0.25) is 0 Å². The minimum atomic E-state index is -0.0195. The Labute approximate surface area is 141 Å². The van der Waals surface area contributed by atoms with Crippen molar-refractivity contribution < 1.29 is 4.79 Å². The predicted molar refractivity (Wildman–Crippen MR) is 88.9 cm³/mol. The molecule has 2 heterocycles. The Hall–Kier alpha value is -2.31. The zero-order valence-corrected chi connectivity index (χ0v) is 13.9. The van der Waals surface area contributed by atoms with Crippen molar-refractivity contribution >= 4 is 5.91 Å². The maximum atomic E-state index is 12.5. The molecule has 7 heteroatoms. The fourth-order valence-corrected chi connectivity index (χ4v) is 3.59. The second-order valence-electron chi connectivity index (χ2n) is 6.70. The van der Waals surface area contributed by atoms with E-state index in [1.165, 1.54) is 24.8 Å². The number of carbonyl (C=O) groups is 1. The van der Waals surface area contributed by atoms with Crippen LogP contribution in [0.3, 0.4) is 0 Å².